The normalized spacial score (nSPS) is 10.8. The maximum Gasteiger partial charge on any atom is 0.163 e. The fourth-order valence-electron chi connectivity index (χ4n) is 2.48. The number of ether oxygens (including phenoxy) is 2. The van der Waals surface area contributed by atoms with E-state index in [-0.39, 0.29) is 0 Å². The highest BCUT2D eigenvalue weighted by Crippen LogP contribution is 2.25. The number of methoxy groups -OCH3 is 1. The average molecular weight is 399 g/mol. The van der Waals surface area contributed by atoms with Crippen LogP contribution in [0.4, 0.5) is 11.5 Å². The third-order valence-corrected chi connectivity index (χ3v) is 4.17. The second kappa shape index (κ2) is 9.39. The quantitative estimate of drug-likeness (QED) is 0.564. The molecule has 0 spiro atoms. The molecule has 0 saturated heterocycles. The minimum Gasteiger partial charge on any atom is -0.497 e. The number of benzene rings is 2. The van der Waals surface area contributed by atoms with Crippen molar-refractivity contribution in [3.8, 4) is 22.9 Å². The van der Waals surface area contributed by atoms with Crippen LogP contribution in [-0.2, 0) is 0 Å². The lowest BCUT2D eigenvalue weighted by molar-refractivity contribution is 0.261. The molecule has 0 bridgehead atoms. The highest BCUT2D eigenvalue weighted by atomic mass is 35.5. The van der Waals surface area contributed by atoms with E-state index < -0.39 is 0 Å². The molecule has 1 heterocycles. The van der Waals surface area contributed by atoms with E-state index in [2.05, 4.69) is 20.2 Å². The first kappa shape index (κ1) is 19.9. The Morgan fingerprint density at radius 2 is 1.64 bits per heavy atom. The van der Waals surface area contributed by atoms with Crippen molar-refractivity contribution in [1.29, 1.82) is 0 Å². The number of hydrogen-bond donors (Lipinski definition) is 1. The van der Waals surface area contributed by atoms with Gasteiger partial charge < -0.3 is 19.7 Å². The maximum atomic E-state index is 6.19. The Labute approximate surface area is 170 Å². The summed E-state index contributed by atoms with van der Waals surface area (Å²) in [5.41, 5.74) is 1.74. The van der Waals surface area contributed by atoms with Gasteiger partial charge in [0.25, 0.3) is 0 Å². The molecule has 1 N–H and O–H groups in total. The third kappa shape index (κ3) is 5.58. The Morgan fingerprint density at radius 1 is 0.964 bits per heavy atom. The van der Waals surface area contributed by atoms with E-state index in [1.54, 1.807) is 13.2 Å². The fourth-order valence-corrected chi connectivity index (χ4v) is 2.66. The number of nitrogens with one attached hydrogen (secondary N) is 1. The zero-order chi connectivity index (χ0) is 19.9. The minimum absolute atomic E-state index is 0.368. The molecule has 0 unspecified atom stereocenters. The summed E-state index contributed by atoms with van der Waals surface area (Å²) >= 11 is 6.19. The summed E-state index contributed by atoms with van der Waals surface area (Å²) in [6.45, 7) is 1.51. The maximum absolute atomic E-state index is 6.19. The van der Waals surface area contributed by atoms with Gasteiger partial charge in [-0.25, -0.2) is 9.97 Å². The van der Waals surface area contributed by atoms with E-state index in [1.165, 1.54) is 0 Å². The van der Waals surface area contributed by atoms with E-state index in [0.717, 1.165) is 29.3 Å². The Hall–Kier alpha value is -2.83. The van der Waals surface area contributed by atoms with Gasteiger partial charge in [0.05, 0.1) is 7.11 Å². The van der Waals surface area contributed by atoms with Gasteiger partial charge in [-0.3, -0.25) is 0 Å². The zero-order valence-electron chi connectivity index (χ0n) is 16.1. The number of anilines is 2. The van der Waals surface area contributed by atoms with Crippen LogP contribution in [0.15, 0.2) is 54.6 Å². The van der Waals surface area contributed by atoms with E-state index in [4.69, 9.17) is 21.1 Å². The molecule has 0 radical (unpaired) electrons. The number of halogens is 1. The molecule has 1 aromatic heterocycles. The summed E-state index contributed by atoms with van der Waals surface area (Å²) < 4.78 is 10.9. The number of hydrogen-bond acceptors (Lipinski definition) is 6. The molecule has 0 amide bonds. The molecular weight excluding hydrogens is 376 g/mol. The summed E-state index contributed by atoms with van der Waals surface area (Å²) in [5.74, 6) is 2.76. The number of nitrogens with zero attached hydrogens (tertiary/aromatic N) is 3. The highest BCUT2D eigenvalue weighted by Gasteiger charge is 2.07. The summed E-state index contributed by atoms with van der Waals surface area (Å²) in [4.78, 5) is 11.0. The second-order valence-corrected chi connectivity index (χ2v) is 6.82. The molecule has 2 aromatic carbocycles. The fraction of sp³-hybridized carbons (Fsp3) is 0.238. The molecular formula is C21H23ClN4O2. The molecule has 0 fully saturated rings. The number of likely N-dealkylation sites (N-methyl/N-ethyl adjacent to an activating group) is 1. The van der Waals surface area contributed by atoms with Crippen LogP contribution in [0.2, 0.25) is 5.15 Å². The Kier molecular flexibility index (Phi) is 6.68. The van der Waals surface area contributed by atoms with Crippen molar-refractivity contribution in [1.82, 2.24) is 14.9 Å². The number of aromatic nitrogens is 2. The van der Waals surface area contributed by atoms with Crippen molar-refractivity contribution in [2.24, 2.45) is 0 Å². The van der Waals surface area contributed by atoms with Gasteiger partial charge in [-0.2, -0.15) is 0 Å². The lowest BCUT2D eigenvalue weighted by Crippen LogP contribution is -2.19. The van der Waals surface area contributed by atoms with Crippen LogP contribution in [-0.4, -0.2) is 49.2 Å². The van der Waals surface area contributed by atoms with Gasteiger partial charge in [-0.05, 0) is 62.6 Å². The Bertz CT molecular complexity index is 899. The van der Waals surface area contributed by atoms with Gasteiger partial charge in [0, 0.05) is 23.9 Å². The molecule has 0 atom stereocenters. The molecule has 0 aliphatic heterocycles. The topological polar surface area (TPSA) is 59.5 Å². The van der Waals surface area contributed by atoms with Gasteiger partial charge >= 0.3 is 0 Å². The van der Waals surface area contributed by atoms with Gasteiger partial charge in [0.2, 0.25) is 0 Å². The van der Waals surface area contributed by atoms with Crippen molar-refractivity contribution in [3.05, 3.63) is 59.8 Å². The first-order chi connectivity index (χ1) is 13.5. The van der Waals surface area contributed by atoms with Crippen LogP contribution >= 0.6 is 11.6 Å². The number of rotatable bonds is 8. The van der Waals surface area contributed by atoms with Crippen molar-refractivity contribution in [2.75, 3.05) is 39.7 Å². The molecule has 3 rings (SSSR count). The van der Waals surface area contributed by atoms with Gasteiger partial charge in [0.1, 0.15) is 29.1 Å². The van der Waals surface area contributed by atoms with E-state index in [0.29, 0.717) is 23.4 Å². The standard InChI is InChI=1S/C21H23ClN4O2/c1-26(2)12-13-28-18-10-6-16(7-11-18)23-20-14-19(22)24-21(25-20)15-4-8-17(27-3)9-5-15/h4-11,14H,12-13H2,1-3H3,(H,23,24,25). The molecule has 146 valence electrons. The monoisotopic (exact) mass is 398 g/mol. The zero-order valence-corrected chi connectivity index (χ0v) is 16.9. The van der Waals surface area contributed by atoms with Gasteiger partial charge in [-0.15, -0.1) is 0 Å². The summed E-state index contributed by atoms with van der Waals surface area (Å²) in [6.07, 6.45) is 0. The predicted octanol–water partition coefficient (Wildman–Crippen LogP) is 4.49. The first-order valence-corrected chi connectivity index (χ1v) is 9.25. The van der Waals surface area contributed by atoms with Gasteiger partial charge in [-0.1, -0.05) is 11.6 Å². The lowest BCUT2D eigenvalue weighted by Gasteiger charge is -2.12. The van der Waals surface area contributed by atoms with E-state index in [9.17, 15) is 0 Å². The van der Waals surface area contributed by atoms with Crippen LogP contribution in [0.5, 0.6) is 11.5 Å². The Morgan fingerprint density at radius 3 is 2.29 bits per heavy atom. The van der Waals surface area contributed by atoms with Crippen molar-refractivity contribution in [3.63, 3.8) is 0 Å². The largest absolute Gasteiger partial charge is 0.497 e. The minimum atomic E-state index is 0.368. The van der Waals surface area contributed by atoms with Crippen LogP contribution in [0, 0.1) is 0 Å². The molecule has 6 nitrogen and oxygen atoms in total. The molecule has 0 aliphatic rings. The summed E-state index contributed by atoms with van der Waals surface area (Å²) in [6, 6.07) is 16.9. The van der Waals surface area contributed by atoms with E-state index >= 15 is 0 Å². The third-order valence-electron chi connectivity index (χ3n) is 3.98. The predicted molar refractivity (Wildman–Crippen MR) is 113 cm³/mol. The average Bonchev–Trinajstić information content (AvgIpc) is 2.69. The molecule has 7 heteroatoms. The van der Waals surface area contributed by atoms with Crippen molar-refractivity contribution >= 4 is 23.1 Å². The van der Waals surface area contributed by atoms with E-state index in [1.807, 2.05) is 62.6 Å². The summed E-state index contributed by atoms with van der Waals surface area (Å²) in [7, 11) is 5.67. The van der Waals surface area contributed by atoms with Gasteiger partial charge in [0.15, 0.2) is 5.82 Å². The van der Waals surface area contributed by atoms with Crippen molar-refractivity contribution < 1.29 is 9.47 Å². The highest BCUT2D eigenvalue weighted by molar-refractivity contribution is 6.29. The second-order valence-electron chi connectivity index (χ2n) is 6.43. The van der Waals surface area contributed by atoms with Crippen LogP contribution in [0.1, 0.15) is 0 Å². The summed E-state index contributed by atoms with van der Waals surface area (Å²) in [5, 5.41) is 3.62. The van der Waals surface area contributed by atoms with Crippen LogP contribution in [0.3, 0.4) is 0 Å². The van der Waals surface area contributed by atoms with Crippen LogP contribution in [0.25, 0.3) is 11.4 Å². The molecule has 3 aromatic rings. The SMILES string of the molecule is COc1ccc(-c2nc(Cl)cc(Nc3ccc(OCCN(C)C)cc3)n2)cc1. The molecule has 0 aliphatic carbocycles. The van der Waals surface area contributed by atoms with Crippen LogP contribution < -0.4 is 14.8 Å². The first-order valence-electron chi connectivity index (χ1n) is 8.87. The smallest absolute Gasteiger partial charge is 0.163 e. The molecule has 0 saturated carbocycles. The van der Waals surface area contributed by atoms with Crippen molar-refractivity contribution in [2.45, 2.75) is 0 Å². The Balaban J connectivity index is 1.70. The lowest BCUT2D eigenvalue weighted by atomic mass is 10.2. The molecule has 28 heavy (non-hydrogen) atoms.